The van der Waals surface area contributed by atoms with Crippen LogP contribution < -0.4 is 9.47 Å². The molecular formula is C22H19ClO4. The Hall–Kier alpha value is -2.98. The average Bonchev–Trinajstić information content (AvgIpc) is 2.64. The van der Waals surface area contributed by atoms with Crippen LogP contribution in [-0.4, -0.2) is 17.2 Å². The molecule has 0 aliphatic heterocycles. The second kappa shape index (κ2) is 8.60. The van der Waals surface area contributed by atoms with Crippen molar-refractivity contribution >= 4 is 17.6 Å². The van der Waals surface area contributed by atoms with Crippen molar-refractivity contribution in [3.05, 3.63) is 88.9 Å². The van der Waals surface area contributed by atoms with Gasteiger partial charge < -0.3 is 14.6 Å². The molecule has 0 bridgehead atoms. The van der Waals surface area contributed by atoms with E-state index in [-0.39, 0.29) is 6.42 Å². The number of para-hydroxylation sites is 1. The van der Waals surface area contributed by atoms with Crippen molar-refractivity contribution in [2.45, 2.75) is 19.4 Å². The summed E-state index contributed by atoms with van der Waals surface area (Å²) in [6, 6.07) is 21.7. The van der Waals surface area contributed by atoms with E-state index in [1.165, 1.54) is 0 Å². The fourth-order valence-electron chi connectivity index (χ4n) is 2.65. The molecule has 0 heterocycles. The molecule has 4 nitrogen and oxygen atoms in total. The molecule has 0 fully saturated rings. The Morgan fingerprint density at radius 1 is 1.00 bits per heavy atom. The first-order chi connectivity index (χ1) is 13.0. The number of carbonyl (C=O) groups is 1. The Balaban J connectivity index is 1.85. The quantitative estimate of drug-likeness (QED) is 0.585. The Morgan fingerprint density at radius 3 is 2.44 bits per heavy atom. The second-order valence-corrected chi connectivity index (χ2v) is 6.57. The fraction of sp³-hybridized carbons (Fsp3) is 0.136. The van der Waals surface area contributed by atoms with Gasteiger partial charge >= 0.3 is 5.97 Å². The molecule has 0 aromatic heterocycles. The molecule has 0 aliphatic rings. The zero-order chi connectivity index (χ0) is 19.2. The summed E-state index contributed by atoms with van der Waals surface area (Å²) in [5, 5.41) is 10.1. The predicted molar refractivity (Wildman–Crippen MR) is 105 cm³/mol. The van der Waals surface area contributed by atoms with Crippen LogP contribution in [0.2, 0.25) is 5.02 Å². The summed E-state index contributed by atoms with van der Waals surface area (Å²) in [7, 11) is 0. The van der Waals surface area contributed by atoms with E-state index in [1.54, 1.807) is 30.3 Å². The zero-order valence-electron chi connectivity index (χ0n) is 14.8. The van der Waals surface area contributed by atoms with Gasteiger partial charge in [0.1, 0.15) is 17.2 Å². The predicted octanol–water partition coefficient (Wildman–Crippen LogP) is 5.52. The van der Waals surface area contributed by atoms with Crippen molar-refractivity contribution in [1.29, 1.82) is 0 Å². The summed E-state index contributed by atoms with van der Waals surface area (Å²) in [4.78, 5) is 11.7. The number of rotatable bonds is 7. The average molecular weight is 383 g/mol. The molecule has 138 valence electrons. The lowest BCUT2D eigenvalue weighted by molar-refractivity contribution is -0.145. The lowest BCUT2D eigenvalue weighted by Gasteiger charge is -2.18. The topological polar surface area (TPSA) is 55.8 Å². The molecule has 3 aromatic carbocycles. The molecule has 0 aliphatic carbocycles. The summed E-state index contributed by atoms with van der Waals surface area (Å²) in [5.41, 5.74) is 1.65. The third-order valence-corrected chi connectivity index (χ3v) is 4.18. The number of carboxylic acid groups (broad SMARTS) is 1. The normalized spacial score (nSPS) is 11.6. The van der Waals surface area contributed by atoms with Crippen LogP contribution in [0.4, 0.5) is 0 Å². The van der Waals surface area contributed by atoms with Crippen molar-refractivity contribution in [3.8, 4) is 17.2 Å². The number of aliphatic carboxylic acids is 1. The van der Waals surface area contributed by atoms with Crippen LogP contribution >= 0.6 is 11.6 Å². The Labute approximate surface area is 162 Å². The van der Waals surface area contributed by atoms with Crippen molar-refractivity contribution < 1.29 is 19.4 Å². The van der Waals surface area contributed by atoms with Gasteiger partial charge in [-0.05, 0) is 55.0 Å². The van der Waals surface area contributed by atoms with Crippen molar-refractivity contribution in [1.82, 2.24) is 0 Å². The summed E-state index contributed by atoms with van der Waals surface area (Å²) < 4.78 is 11.6. The van der Waals surface area contributed by atoms with E-state index >= 15 is 0 Å². The molecule has 1 unspecified atom stereocenters. The molecule has 3 aromatic rings. The maximum atomic E-state index is 11.7. The van der Waals surface area contributed by atoms with Crippen molar-refractivity contribution in [3.63, 3.8) is 0 Å². The lowest BCUT2D eigenvalue weighted by atomic mass is 10.1. The standard InChI is InChI=1S/C22H19ClO4/c1-15-6-5-9-19(12-15)27-21(22(24)25)14-16-13-17(23)10-11-20(16)26-18-7-3-2-4-8-18/h2-13,21H,14H2,1H3,(H,24,25). The third-order valence-electron chi connectivity index (χ3n) is 3.94. The zero-order valence-corrected chi connectivity index (χ0v) is 15.5. The largest absolute Gasteiger partial charge is 0.478 e. The van der Waals surface area contributed by atoms with Crippen LogP contribution in [0.15, 0.2) is 72.8 Å². The first kappa shape index (κ1) is 18.8. The van der Waals surface area contributed by atoms with E-state index in [0.717, 1.165) is 5.56 Å². The van der Waals surface area contributed by atoms with Gasteiger partial charge in [-0.3, -0.25) is 0 Å². The van der Waals surface area contributed by atoms with E-state index < -0.39 is 12.1 Å². The first-order valence-electron chi connectivity index (χ1n) is 8.49. The summed E-state index contributed by atoms with van der Waals surface area (Å²) in [5.74, 6) is 0.661. The van der Waals surface area contributed by atoms with Crippen LogP contribution in [-0.2, 0) is 11.2 Å². The summed E-state index contributed by atoms with van der Waals surface area (Å²) in [6.07, 6.45) is -0.949. The minimum atomic E-state index is -1.07. The molecule has 27 heavy (non-hydrogen) atoms. The van der Waals surface area contributed by atoms with Crippen LogP contribution in [0.3, 0.4) is 0 Å². The molecule has 0 saturated heterocycles. The van der Waals surface area contributed by atoms with Crippen molar-refractivity contribution in [2.24, 2.45) is 0 Å². The second-order valence-electron chi connectivity index (χ2n) is 6.13. The van der Waals surface area contributed by atoms with Gasteiger partial charge in [0.05, 0.1) is 0 Å². The fourth-order valence-corrected chi connectivity index (χ4v) is 2.85. The van der Waals surface area contributed by atoms with Gasteiger partial charge in [-0.1, -0.05) is 41.9 Å². The number of aryl methyl sites for hydroxylation is 1. The molecule has 3 rings (SSSR count). The van der Waals surface area contributed by atoms with Gasteiger partial charge in [0.15, 0.2) is 6.10 Å². The van der Waals surface area contributed by atoms with Gasteiger partial charge in [0, 0.05) is 17.0 Å². The van der Waals surface area contributed by atoms with E-state index in [9.17, 15) is 9.90 Å². The Morgan fingerprint density at radius 2 is 1.74 bits per heavy atom. The van der Waals surface area contributed by atoms with Gasteiger partial charge in [-0.15, -0.1) is 0 Å². The molecule has 5 heteroatoms. The first-order valence-corrected chi connectivity index (χ1v) is 8.86. The molecular weight excluding hydrogens is 364 g/mol. The number of benzene rings is 3. The molecule has 0 spiro atoms. The van der Waals surface area contributed by atoms with E-state index in [1.807, 2.05) is 49.4 Å². The van der Waals surface area contributed by atoms with E-state index in [4.69, 9.17) is 21.1 Å². The van der Waals surface area contributed by atoms with Crippen molar-refractivity contribution in [2.75, 3.05) is 0 Å². The third kappa shape index (κ3) is 5.25. The van der Waals surface area contributed by atoms with Crippen LogP contribution in [0.5, 0.6) is 17.2 Å². The van der Waals surface area contributed by atoms with Gasteiger partial charge in [-0.2, -0.15) is 0 Å². The van der Waals surface area contributed by atoms with E-state index in [0.29, 0.717) is 27.8 Å². The number of carboxylic acids is 1. The molecule has 1 N–H and O–H groups in total. The number of ether oxygens (including phenoxy) is 2. The smallest absolute Gasteiger partial charge is 0.345 e. The molecule has 0 radical (unpaired) electrons. The monoisotopic (exact) mass is 382 g/mol. The maximum Gasteiger partial charge on any atom is 0.345 e. The minimum Gasteiger partial charge on any atom is -0.478 e. The van der Waals surface area contributed by atoms with Gasteiger partial charge in [0.2, 0.25) is 0 Å². The highest BCUT2D eigenvalue weighted by Crippen LogP contribution is 2.29. The Kier molecular flexibility index (Phi) is 5.99. The molecule has 1 atom stereocenters. The number of halogens is 1. The van der Waals surface area contributed by atoms with Gasteiger partial charge in [0.25, 0.3) is 0 Å². The SMILES string of the molecule is Cc1cccc(OC(Cc2cc(Cl)ccc2Oc2ccccc2)C(=O)O)c1. The highest BCUT2D eigenvalue weighted by molar-refractivity contribution is 6.30. The van der Waals surface area contributed by atoms with Crippen LogP contribution in [0, 0.1) is 6.92 Å². The highest BCUT2D eigenvalue weighted by atomic mass is 35.5. The van der Waals surface area contributed by atoms with Crippen LogP contribution in [0.25, 0.3) is 0 Å². The van der Waals surface area contributed by atoms with Gasteiger partial charge in [-0.25, -0.2) is 4.79 Å². The maximum absolute atomic E-state index is 11.7. The molecule has 0 saturated carbocycles. The van der Waals surface area contributed by atoms with E-state index in [2.05, 4.69) is 0 Å². The minimum absolute atomic E-state index is 0.117. The number of hydrogen-bond acceptors (Lipinski definition) is 3. The summed E-state index contributed by atoms with van der Waals surface area (Å²) >= 11 is 6.12. The van der Waals surface area contributed by atoms with Crippen LogP contribution in [0.1, 0.15) is 11.1 Å². The lowest BCUT2D eigenvalue weighted by Crippen LogP contribution is -2.29. The molecule has 0 amide bonds. The highest BCUT2D eigenvalue weighted by Gasteiger charge is 2.22. The summed E-state index contributed by atoms with van der Waals surface area (Å²) in [6.45, 7) is 1.92. The number of hydrogen-bond donors (Lipinski definition) is 1. The Bertz CT molecular complexity index is 925.